The summed E-state index contributed by atoms with van der Waals surface area (Å²) in [7, 11) is 7.60. The highest BCUT2D eigenvalue weighted by atomic mass is 31.2. The molecule has 0 aromatic rings. The Morgan fingerprint density at radius 2 is 1.19 bits per heavy atom. The van der Waals surface area contributed by atoms with Crippen LogP contribution in [0, 0.1) is 28.6 Å². The third-order valence-electron chi connectivity index (χ3n) is 12.4. The molecule has 0 radical (unpaired) electrons. The first-order valence-electron chi connectivity index (χ1n) is 24.3. The summed E-state index contributed by atoms with van der Waals surface area (Å²) < 4.78 is 29.3. The van der Waals surface area contributed by atoms with Gasteiger partial charge in [0.15, 0.2) is 0 Å². The van der Waals surface area contributed by atoms with E-state index in [1.54, 1.807) is 0 Å². The molecule has 0 rings (SSSR count). The average Bonchev–Trinajstić information content (AvgIpc) is 3.11. The van der Waals surface area contributed by atoms with Crippen molar-refractivity contribution >= 4 is 19.9 Å². The number of nitrogens with one attached hydrogen (secondary N) is 1. The standard InChI is InChI=1S/C17H40N2O4P.C17H33NO3.C17H35NO/c1-8-16(19(5,6)7)17(20)15(4)11-12-18-13-14-24(21,22-9-2)23-10-3;1-12(10-11-19)14(21-13(2)20)15(16(3,4)5)18(9)17(6,7)8;1-10-11-12-13(2)14(19)15(16(3,4)5)18(9)17(6,7)8/h15-18,20H,8-14H2,1-7H3;11-12,14-15H,10H2,1-9H3;10-11,13-15,19H,12H2,1-9H3/q+1;;/b;;11-10+/t15-,16?,17-;12-,14-,15?;13-,14-,15?/m111/s1. The summed E-state index contributed by atoms with van der Waals surface area (Å²) in [5, 5.41) is 24.7. The molecule has 13 heteroatoms. The molecule has 384 valence electrons. The van der Waals surface area contributed by atoms with Gasteiger partial charge in [-0.2, -0.15) is 0 Å². The number of esters is 1. The minimum atomic E-state index is -2.96. The summed E-state index contributed by atoms with van der Waals surface area (Å²) in [6.07, 6.45) is 7.68. The third kappa shape index (κ3) is 26.4. The van der Waals surface area contributed by atoms with Crippen LogP contribution in [0.5, 0.6) is 0 Å². The number of aliphatic hydroxyl groups excluding tert-OH is 2. The Balaban J connectivity index is -0.000000878. The van der Waals surface area contributed by atoms with Gasteiger partial charge >= 0.3 is 13.6 Å². The fourth-order valence-electron chi connectivity index (χ4n) is 8.25. The number of likely N-dealkylation sites (N-methyl/N-ethyl adjacent to an activating group) is 3. The van der Waals surface area contributed by atoms with Crippen molar-refractivity contribution in [1.82, 2.24) is 15.1 Å². The Kier molecular flexibility index (Phi) is 31.8. The van der Waals surface area contributed by atoms with Crippen LogP contribution < -0.4 is 5.32 Å². The van der Waals surface area contributed by atoms with E-state index in [1.165, 1.54) is 6.92 Å². The minimum absolute atomic E-state index is 0.0135. The number of nitrogens with zero attached hydrogens (tertiary/aromatic N) is 3. The van der Waals surface area contributed by atoms with Gasteiger partial charge in [0.05, 0.1) is 52.7 Å². The van der Waals surface area contributed by atoms with Gasteiger partial charge in [-0.05, 0) is 125 Å². The molecule has 3 N–H and O–H groups in total. The van der Waals surface area contributed by atoms with E-state index in [-0.39, 0.29) is 82.1 Å². The van der Waals surface area contributed by atoms with Crippen LogP contribution in [0.25, 0.3) is 0 Å². The van der Waals surface area contributed by atoms with Gasteiger partial charge in [-0.15, -0.1) is 0 Å². The van der Waals surface area contributed by atoms with Crippen molar-refractivity contribution in [2.24, 2.45) is 28.6 Å². The monoisotopic (exact) mass is 936 g/mol. The first-order chi connectivity index (χ1) is 28.9. The zero-order valence-electron chi connectivity index (χ0n) is 46.4. The van der Waals surface area contributed by atoms with Crippen LogP contribution in [0.3, 0.4) is 0 Å². The van der Waals surface area contributed by atoms with Crippen molar-refractivity contribution < 1.29 is 42.6 Å². The largest absolute Gasteiger partial charge is 0.461 e. The van der Waals surface area contributed by atoms with E-state index in [0.29, 0.717) is 32.3 Å². The molecule has 0 spiro atoms. The fraction of sp³-hybridized carbons (Fsp3) is 0.922. The number of ether oxygens (including phenoxy) is 1. The lowest BCUT2D eigenvalue weighted by Gasteiger charge is -2.49. The third-order valence-corrected chi connectivity index (χ3v) is 14.5. The van der Waals surface area contributed by atoms with Crippen molar-refractivity contribution in [3.05, 3.63) is 12.2 Å². The lowest BCUT2D eigenvalue weighted by Crippen LogP contribution is -2.58. The number of carbonyl (C=O) groups is 2. The lowest BCUT2D eigenvalue weighted by molar-refractivity contribution is -0.900. The lowest BCUT2D eigenvalue weighted by atomic mass is 9.76. The summed E-state index contributed by atoms with van der Waals surface area (Å²) >= 11 is 0. The van der Waals surface area contributed by atoms with Crippen LogP contribution >= 0.6 is 7.60 Å². The van der Waals surface area contributed by atoms with Crippen LogP contribution in [0.15, 0.2) is 12.2 Å². The number of rotatable bonds is 25. The van der Waals surface area contributed by atoms with Crippen LogP contribution in [0.2, 0.25) is 0 Å². The zero-order valence-corrected chi connectivity index (χ0v) is 47.3. The van der Waals surface area contributed by atoms with E-state index in [2.05, 4.69) is 166 Å². The molecule has 0 aromatic heterocycles. The van der Waals surface area contributed by atoms with Crippen molar-refractivity contribution in [2.75, 3.05) is 67.7 Å². The fourth-order valence-corrected chi connectivity index (χ4v) is 9.80. The number of hydrogen-bond donors (Lipinski definition) is 3. The quantitative estimate of drug-likeness (QED) is 0.0201. The molecule has 0 aromatic carbocycles. The van der Waals surface area contributed by atoms with E-state index < -0.39 is 7.60 Å². The van der Waals surface area contributed by atoms with Crippen LogP contribution in [-0.4, -0.2) is 152 Å². The second-order valence-corrected chi connectivity index (χ2v) is 25.4. The number of allylic oxidation sites excluding steroid dienone is 2. The van der Waals surface area contributed by atoms with Crippen molar-refractivity contribution in [1.29, 1.82) is 0 Å². The molecule has 3 unspecified atom stereocenters. The van der Waals surface area contributed by atoms with Gasteiger partial charge in [0.2, 0.25) is 0 Å². The number of hydrogen-bond acceptors (Lipinski definition) is 11. The minimum Gasteiger partial charge on any atom is -0.461 e. The molecule has 0 amide bonds. The topological polar surface area (TPSA) is 138 Å². The Morgan fingerprint density at radius 3 is 1.53 bits per heavy atom. The molecule has 0 bridgehead atoms. The summed E-state index contributed by atoms with van der Waals surface area (Å²) in [5.74, 6) is 0.172. The maximum atomic E-state index is 12.3. The predicted octanol–water partition coefficient (Wildman–Crippen LogP) is 10.1. The van der Waals surface area contributed by atoms with Crippen LogP contribution in [0.4, 0.5) is 0 Å². The van der Waals surface area contributed by atoms with Gasteiger partial charge in [0.1, 0.15) is 24.5 Å². The van der Waals surface area contributed by atoms with Crippen molar-refractivity contribution in [3.8, 4) is 0 Å². The van der Waals surface area contributed by atoms with Gasteiger partial charge in [-0.1, -0.05) is 81.4 Å². The molecule has 0 fully saturated rings. The number of carbonyl (C=O) groups excluding carboxylic acids is 2. The SMILES string of the molecule is C/C=C/C[C@@H](C)[C@@H](O)C(N(C)C(C)(C)C)C(C)(C)C.CC(=O)O[C@@H](C(N(C)C(C)(C)C)C(C)(C)C)[C@H](C)CC=O.CCOP(=O)(CCNCC[C@@H](C)[C@@H](O)C(CC)[N+](C)(C)C)OCC. The molecule has 9 atom stereocenters. The highest BCUT2D eigenvalue weighted by Gasteiger charge is 2.43. The number of aldehydes is 1. The van der Waals surface area contributed by atoms with Crippen molar-refractivity contribution in [2.45, 2.75) is 212 Å². The Hall–Kier alpha value is -1.21. The van der Waals surface area contributed by atoms with Crippen LogP contribution in [0.1, 0.15) is 164 Å². The molecular formula is C51H108N4O8P+. The van der Waals surface area contributed by atoms with Gasteiger partial charge in [0, 0.05) is 42.9 Å². The molecule has 12 nitrogen and oxygen atoms in total. The first kappa shape index (κ1) is 67.1. The summed E-state index contributed by atoms with van der Waals surface area (Å²) in [6, 6.07) is 0.403. The number of aliphatic hydroxyl groups is 2. The summed E-state index contributed by atoms with van der Waals surface area (Å²) in [5.41, 5.74) is -0.0403. The molecule has 0 saturated carbocycles. The average molecular weight is 936 g/mol. The normalized spacial score (nSPS) is 17.6. The molecule has 0 heterocycles. The first-order valence-corrected chi connectivity index (χ1v) is 26.0. The van der Waals surface area contributed by atoms with E-state index in [0.717, 1.165) is 36.6 Å². The van der Waals surface area contributed by atoms with Gasteiger partial charge < -0.3 is 38.6 Å². The summed E-state index contributed by atoms with van der Waals surface area (Å²) in [6.45, 7) is 43.7. The van der Waals surface area contributed by atoms with Crippen LogP contribution in [-0.2, 0) is 27.9 Å². The van der Waals surface area contributed by atoms with E-state index in [9.17, 15) is 24.4 Å². The molecule has 0 aliphatic heterocycles. The van der Waals surface area contributed by atoms with Crippen molar-refractivity contribution in [3.63, 3.8) is 0 Å². The molecule has 0 aliphatic rings. The molecular weight excluding hydrogens is 828 g/mol. The smallest absolute Gasteiger partial charge is 0.331 e. The van der Waals surface area contributed by atoms with E-state index in [1.807, 2.05) is 27.7 Å². The number of quaternary nitrogens is 1. The van der Waals surface area contributed by atoms with E-state index in [4.69, 9.17) is 13.8 Å². The Morgan fingerprint density at radius 1 is 0.734 bits per heavy atom. The second kappa shape index (κ2) is 30.3. The Bertz CT molecular complexity index is 1320. The van der Waals surface area contributed by atoms with E-state index >= 15 is 0 Å². The maximum Gasteiger partial charge on any atom is 0.331 e. The highest BCUT2D eigenvalue weighted by molar-refractivity contribution is 7.53. The molecule has 0 aliphatic carbocycles. The van der Waals surface area contributed by atoms with Gasteiger partial charge in [0.25, 0.3) is 0 Å². The van der Waals surface area contributed by atoms with Gasteiger partial charge in [-0.25, -0.2) is 0 Å². The maximum absolute atomic E-state index is 12.3. The Labute approximate surface area is 396 Å². The predicted molar refractivity (Wildman–Crippen MR) is 272 cm³/mol. The van der Waals surface area contributed by atoms with Gasteiger partial charge in [-0.3, -0.25) is 19.2 Å². The second-order valence-electron chi connectivity index (χ2n) is 23.2. The summed E-state index contributed by atoms with van der Waals surface area (Å²) in [4.78, 5) is 27.0. The molecule has 64 heavy (non-hydrogen) atoms. The highest BCUT2D eigenvalue weighted by Crippen LogP contribution is 2.47. The molecule has 0 saturated heterocycles. The zero-order chi connectivity index (χ0) is 51.2.